The molecule has 1 amide bonds. The average molecular weight is 380 g/mol. The van der Waals surface area contributed by atoms with Crippen LogP contribution in [0.25, 0.3) is 0 Å². The lowest BCUT2D eigenvalue weighted by Crippen LogP contribution is -2.37. The van der Waals surface area contributed by atoms with Gasteiger partial charge in [0.05, 0.1) is 18.8 Å². The van der Waals surface area contributed by atoms with Crippen LogP contribution < -0.4 is 10.6 Å². The second kappa shape index (κ2) is 9.53. The summed E-state index contributed by atoms with van der Waals surface area (Å²) < 4.78 is 0. The summed E-state index contributed by atoms with van der Waals surface area (Å²) >= 11 is 3.32. The number of nitrogens with zero attached hydrogens (tertiary/aromatic N) is 3. The van der Waals surface area contributed by atoms with Crippen molar-refractivity contribution in [2.45, 2.75) is 32.9 Å². The molecule has 2 N–H and O–H groups in total. The van der Waals surface area contributed by atoms with Gasteiger partial charge in [0, 0.05) is 24.4 Å². The van der Waals surface area contributed by atoms with Crippen LogP contribution in [0, 0.1) is 0 Å². The van der Waals surface area contributed by atoms with Gasteiger partial charge < -0.3 is 15.5 Å². The first-order chi connectivity index (χ1) is 12.0. The van der Waals surface area contributed by atoms with E-state index in [2.05, 4.69) is 45.9 Å². The van der Waals surface area contributed by atoms with Gasteiger partial charge in [-0.3, -0.25) is 4.79 Å². The van der Waals surface area contributed by atoms with Crippen LogP contribution in [-0.2, 0) is 17.9 Å². The molecule has 0 bridgehead atoms. The molecule has 2 aromatic heterocycles. The van der Waals surface area contributed by atoms with Gasteiger partial charge in [-0.05, 0) is 17.4 Å². The van der Waals surface area contributed by atoms with Crippen LogP contribution in [0.15, 0.2) is 27.9 Å². The molecule has 25 heavy (non-hydrogen) atoms. The molecule has 0 saturated carbocycles. The SMILES string of the molecule is CC(C)c1csc(CNC(=NCC(=O)N(C)C)NCc2cccs2)n1. The van der Waals surface area contributed by atoms with E-state index in [1.807, 2.05) is 11.4 Å². The smallest absolute Gasteiger partial charge is 0.243 e. The molecule has 0 radical (unpaired) electrons. The number of thiazole rings is 1. The summed E-state index contributed by atoms with van der Waals surface area (Å²) in [5.74, 6) is 1.01. The summed E-state index contributed by atoms with van der Waals surface area (Å²) in [7, 11) is 3.46. The van der Waals surface area contributed by atoms with Gasteiger partial charge in [-0.15, -0.1) is 22.7 Å². The molecule has 0 aliphatic rings. The van der Waals surface area contributed by atoms with Gasteiger partial charge in [-0.25, -0.2) is 9.98 Å². The molecule has 2 heterocycles. The van der Waals surface area contributed by atoms with E-state index in [-0.39, 0.29) is 12.5 Å². The highest BCUT2D eigenvalue weighted by atomic mass is 32.1. The Morgan fingerprint density at radius 1 is 1.28 bits per heavy atom. The summed E-state index contributed by atoms with van der Waals surface area (Å²) in [5.41, 5.74) is 1.11. The van der Waals surface area contributed by atoms with E-state index in [0.717, 1.165) is 10.7 Å². The highest BCUT2D eigenvalue weighted by molar-refractivity contribution is 7.10. The largest absolute Gasteiger partial charge is 0.351 e. The van der Waals surface area contributed by atoms with Gasteiger partial charge in [0.15, 0.2) is 5.96 Å². The Morgan fingerprint density at radius 3 is 2.64 bits per heavy atom. The van der Waals surface area contributed by atoms with Crippen molar-refractivity contribution in [3.63, 3.8) is 0 Å². The molecule has 0 aromatic carbocycles. The first-order valence-corrected chi connectivity index (χ1v) is 9.90. The third-order valence-electron chi connectivity index (χ3n) is 3.45. The minimum atomic E-state index is -0.0337. The molecule has 0 spiro atoms. The van der Waals surface area contributed by atoms with Crippen LogP contribution in [0.5, 0.6) is 0 Å². The standard InChI is InChI=1S/C17H25N5OS2/c1-12(2)14-11-25-15(21-14)9-19-17(20-10-16(23)22(3)4)18-8-13-6-5-7-24-13/h5-7,11-12H,8-10H2,1-4H3,(H2,18,19,20). The van der Waals surface area contributed by atoms with Crippen molar-refractivity contribution in [1.29, 1.82) is 0 Å². The number of carbonyl (C=O) groups excluding carboxylic acids is 1. The Morgan fingerprint density at radius 2 is 2.04 bits per heavy atom. The van der Waals surface area contributed by atoms with Crippen LogP contribution in [0.2, 0.25) is 0 Å². The summed E-state index contributed by atoms with van der Waals surface area (Å²) in [4.78, 5) is 23.5. The first kappa shape index (κ1) is 19.4. The minimum Gasteiger partial charge on any atom is -0.351 e. The van der Waals surface area contributed by atoms with E-state index < -0.39 is 0 Å². The van der Waals surface area contributed by atoms with Gasteiger partial charge in [-0.1, -0.05) is 19.9 Å². The van der Waals surface area contributed by atoms with E-state index in [1.165, 1.54) is 9.78 Å². The molecule has 2 rings (SSSR count). The molecule has 0 saturated heterocycles. The fourth-order valence-corrected chi connectivity index (χ4v) is 3.42. The van der Waals surface area contributed by atoms with E-state index in [1.54, 1.807) is 36.8 Å². The third kappa shape index (κ3) is 6.47. The molecule has 0 fully saturated rings. The maximum absolute atomic E-state index is 11.8. The number of aromatic nitrogens is 1. The maximum Gasteiger partial charge on any atom is 0.243 e. The predicted molar refractivity (Wildman–Crippen MR) is 105 cm³/mol. The second-order valence-corrected chi connectivity index (χ2v) is 8.04. The number of thiophene rings is 1. The summed E-state index contributed by atoms with van der Waals surface area (Å²) in [6, 6.07) is 4.08. The van der Waals surface area contributed by atoms with Crippen molar-refractivity contribution in [3.8, 4) is 0 Å². The van der Waals surface area contributed by atoms with Crippen molar-refractivity contribution in [1.82, 2.24) is 20.5 Å². The zero-order valence-electron chi connectivity index (χ0n) is 15.1. The number of carbonyl (C=O) groups is 1. The fourth-order valence-electron chi connectivity index (χ4n) is 1.88. The van der Waals surface area contributed by atoms with Crippen LogP contribution in [0.3, 0.4) is 0 Å². The van der Waals surface area contributed by atoms with Gasteiger partial charge >= 0.3 is 0 Å². The maximum atomic E-state index is 11.8. The highest BCUT2D eigenvalue weighted by Gasteiger charge is 2.08. The molecule has 2 aromatic rings. The lowest BCUT2D eigenvalue weighted by molar-refractivity contribution is -0.127. The van der Waals surface area contributed by atoms with Gasteiger partial charge in [0.2, 0.25) is 5.91 Å². The Bertz CT molecular complexity index is 692. The van der Waals surface area contributed by atoms with Crippen molar-refractivity contribution < 1.29 is 4.79 Å². The van der Waals surface area contributed by atoms with Crippen molar-refractivity contribution in [2.24, 2.45) is 4.99 Å². The molecule has 8 heteroatoms. The van der Waals surface area contributed by atoms with Gasteiger partial charge in [0.1, 0.15) is 11.6 Å². The van der Waals surface area contributed by atoms with Crippen LogP contribution >= 0.6 is 22.7 Å². The molecule has 136 valence electrons. The van der Waals surface area contributed by atoms with Crippen LogP contribution in [0.1, 0.15) is 35.3 Å². The Hall–Kier alpha value is -1.93. The number of amides is 1. The molecular weight excluding hydrogens is 354 g/mol. The topological polar surface area (TPSA) is 69.6 Å². The van der Waals surface area contributed by atoms with E-state index in [9.17, 15) is 4.79 Å². The summed E-state index contributed by atoms with van der Waals surface area (Å²) in [5, 5.41) is 11.7. The number of aliphatic imine (C=N–C) groups is 1. The zero-order chi connectivity index (χ0) is 18.2. The zero-order valence-corrected chi connectivity index (χ0v) is 16.7. The van der Waals surface area contributed by atoms with E-state index >= 15 is 0 Å². The Balaban J connectivity index is 1.96. The van der Waals surface area contributed by atoms with Crippen molar-refractivity contribution in [2.75, 3.05) is 20.6 Å². The normalized spacial score (nSPS) is 11.6. The molecule has 6 nitrogen and oxygen atoms in total. The second-order valence-electron chi connectivity index (χ2n) is 6.06. The Labute approximate surface area is 157 Å². The number of nitrogens with one attached hydrogen (secondary N) is 2. The third-order valence-corrected chi connectivity index (χ3v) is 5.19. The van der Waals surface area contributed by atoms with Crippen molar-refractivity contribution in [3.05, 3.63) is 38.5 Å². The van der Waals surface area contributed by atoms with Crippen LogP contribution in [-0.4, -0.2) is 42.4 Å². The number of hydrogen-bond acceptors (Lipinski definition) is 5. The van der Waals surface area contributed by atoms with Gasteiger partial charge in [-0.2, -0.15) is 0 Å². The Kier molecular flexibility index (Phi) is 7.39. The quantitative estimate of drug-likeness (QED) is 0.573. The number of hydrogen-bond donors (Lipinski definition) is 2. The minimum absolute atomic E-state index is 0.0337. The lowest BCUT2D eigenvalue weighted by atomic mass is 10.2. The number of likely N-dealkylation sites (N-methyl/N-ethyl adjacent to an activating group) is 1. The number of guanidine groups is 1. The van der Waals surface area contributed by atoms with Gasteiger partial charge in [0.25, 0.3) is 0 Å². The monoisotopic (exact) mass is 379 g/mol. The molecule has 0 atom stereocenters. The fraction of sp³-hybridized carbons (Fsp3) is 0.471. The molecule has 0 unspecified atom stereocenters. The van der Waals surface area contributed by atoms with E-state index in [4.69, 9.17) is 0 Å². The molecule has 0 aliphatic carbocycles. The lowest BCUT2D eigenvalue weighted by Gasteiger charge is -2.12. The highest BCUT2D eigenvalue weighted by Crippen LogP contribution is 2.17. The number of rotatable bonds is 7. The van der Waals surface area contributed by atoms with Crippen LogP contribution in [0.4, 0.5) is 0 Å². The van der Waals surface area contributed by atoms with E-state index in [0.29, 0.717) is 25.0 Å². The molecular formula is C17H25N5OS2. The summed E-state index contributed by atoms with van der Waals surface area (Å²) in [6.07, 6.45) is 0. The average Bonchev–Trinajstić information content (AvgIpc) is 3.25. The predicted octanol–water partition coefficient (Wildman–Crippen LogP) is 2.65. The van der Waals surface area contributed by atoms with Crippen molar-refractivity contribution >= 4 is 34.5 Å². The molecule has 0 aliphatic heterocycles. The first-order valence-electron chi connectivity index (χ1n) is 8.14. The summed E-state index contributed by atoms with van der Waals surface area (Å²) in [6.45, 7) is 5.64.